The minimum Gasteiger partial charge on any atom is -0.373 e. The first-order chi connectivity index (χ1) is 25.5. The Balaban J connectivity index is 1.31. The number of aromatic nitrogens is 2. The van der Waals surface area contributed by atoms with Crippen LogP contribution < -0.4 is 5.32 Å². The average Bonchev–Trinajstić information content (AvgIpc) is 4.05. The summed E-state index contributed by atoms with van der Waals surface area (Å²) in [6, 6.07) is 45.7. The van der Waals surface area contributed by atoms with Gasteiger partial charge in [0.15, 0.2) is 5.60 Å². The van der Waals surface area contributed by atoms with Crippen molar-refractivity contribution in [3.05, 3.63) is 226 Å². The summed E-state index contributed by atoms with van der Waals surface area (Å²) >= 11 is 0. The van der Waals surface area contributed by atoms with Gasteiger partial charge in [-0.1, -0.05) is 109 Å². The molecule has 7 nitrogen and oxygen atoms in total. The second-order valence-corrected chi connectivity index (χ2v) is 13.3. The molecule has 52 heavy (non-hydrogen) atoms. The van der Waals surface area contributed by atoms with Gasteiger partial charge in [0, 0.05) is 33.7 Å². The third-order valence-electron chi connectivity index (χ3n) is 10.4. The number of hydrogen-bond acceptors (Lipinski definition) is 4. The zero-order valence-electron chi connectivity index (χ0n) is 27.8. The summed E-state index contributed by atoms with van der Waals surface area (Å²) in [4.78, 5) is 31.6. The highest BCUT2D eigenvalue weighted by molar-refractivity contribution is 6.25. The van der Waals surface area contributed by atoms with E-state index in [1.54, 1.807) is 0 Å². The van der Waals surface area contributed by atoms with Crippen molar-refractivity contribution in [2.75, 3.05) is 0 Å². The van der Waals surface area contributed by atoms with Crippen LogP contribution in [0.15, 0.2) is 185 Å². The largest absolute Gasteiger partial charge is 0.373 e. The maximum Gasteiger partial charge on any atom is 0.252 e. The van der Waals surface area contributed by atoms with Gasteiger partial charge in [-0.25, -0.2) is 9.98 Å². The molecule has 0 aliphatic carbocycles. The number of rotatable bonds is 3. The normalized spacial score (nSPS) is 24.2. The van der Waals surface area contributed by atoms with Crippen LogP contribution in [0.5, 0.6) is 0 Å². The van der Waals surface area contributed by atoms with Gasteiger partial charge in [-0.05, 0) is 71.3 Å². The summed E-state index contributed by atoms with van der Waals surface area (Å²) in [5, 5.41) is 16.3. The third-order valence-corrected chi connectivity index (χ3v) is 10.4. The van der Waals surface area contributed by atoms with Crippen LogP contribution in [0.3, 0.4) is 0 Å². The quantitative estimate of drug-likeness (QED) is 0.154. The fourth-order valence-electron chi connectivity index (χ4n) is 8.01. The molecule has 0 saturated heterocycles. The number of nitrogens with zero attached hydrogens (tertiary/aromatic N) is 2. The zero-order chi connectivity index (χ0) is 34.9. The lowest BCUT2D eigenvalue weighted by Crippen LogP contribution is -2.42. The molecule has 8 bridgehead atoms. The van der Waals surface area contributed by atoms with E-state index in [1.807, 2.05) is 140 Å². The highest BCUT2D eigenvalue weighted by Gasteiger charge is 2.48. The molecule has 10 rings (SSSR count). The molecule has 0 atom stereocenters. The first-order valence-corrected chi connectivity index (χ1v) is 17.3. The summed E-state index contributed by atoms with van der Waals surface area (Å²) in [7, 11) is 0. The number of H-pyrrole nitrogens is 2. The topological polar surface area (TPSA) is 106 Å². The van der Waals surface area contributed by atoms with Crippen molar-refractivity contribution in [2.45, 2.75) is 11.1 Å². The maximum atomic E-state index is 13.8. The van der Waals surface area contributed by atoms with Gasteiger partial charge in [0.1, 0.15) is 5.54 Å². The molecule has 4 aliphatic heterocycles. The minimum absolute atomic E-state index is 0.151. The Hall–Kier alpha value is -6.83. The van der Waals surface area contributed by atoms with Crippen LogP contribution in [-0.4, -0.2) is 32.4 Å². The lowest BCUT2D eigenvalue weighted by atomic mass is 9.84. The average molecular weight is 674 g/mol. The van der Waals surface area contributed by atoms with Gasteiger partial charge in [0.2, 0.25) is 0 Å². The molecule has 4 N–H and O–H groups in total. The van der Waals surface area contributed by atoms with Crippen LogP contribution in [0.2, 0.25) is 0 Å². The number of benzene rings is 4. The highest BCUT2D eigenvalue weighted by atomic mass is 16.3. The van der Waals surface area contributed by atoms with Crippen molar-refractivity contribution in [3.8, 4) is 0 Å². The molecule has 4 aliphatic rings. The Morgan fingerprint density at radius 2 is 1.00 bits per heavy atom. The molecule has 0 unspecified atom stereocenters. The Kier molecular flexibility index (Phi) is 6.55. The Morgan fingerprint density at radius 3 is 1.54 bits per heavy atom. The summed E-state index contributed by atoms with van der Waals surface area (Å²) in [5.41, 5.74) is 8.55. The Bertz CT molecular complexity index is 2490. The number of aliphatic imine (C=N–C) groups is 2. The smallest absolute Gasteiger partial charge is 0.252 e. The molecule has 1 amide bonds. The summed E-state index contributed by atoms with van der Waals surface area (Å²) < 4.78 is 0. The molecule has 6 aromatic rings. The van der Waals surface area contributed by atoms with E-state index in [0.717, 1.165) is 50.6 Å². The van der Waals surface area contributed by atoms with E-state index in [1.165, 1.54) is 0 Å². The SMILES string of the molecule is O=C1NC2(c3ccc([nH]3)/C(c3ccccc3)=C3/C=CC(=N3)C(O)(c3ccccc3)C3=N/C(=C(/c4ccccc4)c4ccc2[nH]4)C=C3)c2ccccc21. The first-order valence-electron chi connectivity index (χ1n) is 17.3. The molecular formula is C45H31N5O2. The van der Waals surface area contributed by atoms with Crippen molar-refractivity contribution in [3.63, 3.8) is 0 Å². The van der Waals surface area contributed by atoms with E-state index in [9.17, 15) is 9.90 Å². The number of fused-ring (bicyclic) bond motifs is 10. The molecule has 4 aromatic carbocycles. The van der Waals surface area contributed by atoms with E-state index < -0.39 is 11.1 Å². The van der Waals surface area contributed by atoms with Crippen molar-refractivity contribution in [1.82, 2.24) is 15.3 Å². The number of carbonyl (C=O) groups excluding carboxylic acids is 1. The summed E-state index contributed by atoms with van der Waals surface area (Å²) in [6.07, 6.45) is 7.67. The van der Waals surface area contributed by atoms with Gasteiger partial charge in [0.25, 0.3) is 5.91 Å². The molecule has 248 valence electrons. The zero-order valence-corrected chi connectivity index (χ0v) is 27.8. The standard InChI is InChI=1S/C45H31N5O2/c51-43-31-18-10-11-19-32(31)44(50-43)37-24-20-33(46-37)41(28-12-4-1-5-13-28)35-22-26-39(48-35)45(52,30-16-8-3-9-17-30)40-27-23-36(49-40)42(29-14-6-2-7-15-29)34-21-25-38(44)47-34/h1-27,46-47,52H,(H,50,51)/b41-35-,42-36-. The fourth-order valence-corrected chi connectivity index (χ4v) is 8.01. The number of aromatic amines is 2. The van der Waals surface area contributed by atoms with Crippen LogP contribution in [0.4, 0.5) is 0 Å². The highest BCUT2D eigenvalue weighted by Crippen LogP contribution is 2.45. The molecule has 0 radical (unpaired) electrons. The fraction of sp³-hybridized carbons (Fsp3) is 0.0444. The van der Waals surface area contributed by atoms with Gasteiger partial charge < -0.3 is 20.4 Å². The van der Waals surface area contributed by atoms with Crippen LogP contribution in [0.1, 0.15) is 55.4 Å². The van der Waals surface area contributed by atoms with Crippen molar-refractivity contribution in [2.24, 2.45) is 9.98 Å². The Morgan fingerprint density at radius 1 is 0.519 bits per heavy atom. The first kappa shape index (κ1) is 30.0. The van der Waals surface area contributed by atoms with Crippen molar-refractivity contribution < 1.29 is 9.90 Å². The molecule has 1 spiro atoms. The number of carbonyl (C=O) groups is 1. The van der Waals surface area contributed by atoms with Crippen molar-refractivity contribution in [1.29, 1.82) is 0 Å². The molecule has 0 saturated carbocycles. The number of amides is 1. The van der Waals surface area contributed by atoms with Crippen LogP contribution in [-0.2, 0) is 11.1 Å². The number of nitrogens with one attached hydrogen (secondary N) is 3. The second-order valence-electron chi connectivity index (χ2n) is 13.3. The van der Waals surface area contributed by atoms with E-state index in [4.69, 9.17) is 9.98 Å². The molecule has 2 aromatic heterocycles. The van der Waals surface area contributed by atoms with Gasteiger partial charge in [-0.2, -0.15) is 0 Å². The molecule has 7 heteroatoms. The lowest BCUT2D eigenvalue weighted by molar-refractivity contribution is 0.0947. The van der Waals surface area contributed by atoms with Crippen molar-refractivity contribution >= 4 is 28.5 Å². The van der Waals surface area contributed by atoms with Crippen LogP contribution in [0.25, 0.3) is 11.1 Å². The van der Waals surface area contributed by atoms with Gasteiger partial charge in [0.05, 0.1) is 34.2 Å². The van der Waals surface area contributed by atoms with Gasteiger partial charge >= 0.3 is 0 Å². The van der Waals surface area contributed by atoms with Gasteiger partial charge in [-0.15, -0.1) is 0 Å². The van der Waals surface area contributed by atoms with Gasteiger partial charge in [-0.3, -0.25) is 4.79 Å². The molecule has 6 heterocycles. The minimum atomic E-state index is -1.65. The summed E-state index contributed by atoms with van der Waals surface area (Å²) in [5.74, 6) is -0.151. The predicted molar refractivity (Wildman–Crippen MR) is 204 cm³/mol. The summed E-state index contributed by atoms with van der Waals surface area (Å²) in [6.45, 7) is 0. The third kappa shape index (κ3) is 4.33. The van der Waals surface area contributed by atoms with E-state index >= 15 is 0 Å². The van der Waals surface area contributed by atoms with E-state index in [-0.39, 0.29) is 5.91 Å². The molecular weight excluding hydrogens is 643 g/mol. The number of aliphatic hydroxyl groups is 1. The monoisotopic (exact) mass is 673 g/mol. The Labute approximate surface area is 299 Å². The second kappa shape index (κ2) is 11.3. The molecule has 0 fully saturated rings. The predicted octanol–water partition coefficient (Wildman–Crippen LogP) is 7.82. The maximum absolute atomic E-state index is 13.8. The van der Waals surface area contributed by atoms with E-state index in [2.05, 4.69) is 39.6 Å². The van der Waals surface area contributed by atoms with Crippen LogP contribution in [0, 0.1) is 0 Å². The van der Waals surface area contributed by atoms with Crippen LogP contribution >= 0.6 is 0 Å². The number of hydrogen-bond donors (Lipinski definition) is 4. The lowest BCUT2D eigenvalue weighted by Gasteiger charge is -2.29. The van der Waals surface area contributed by atoms with E-state index in [0.29, 0.717) is 33.9 Å². The number of allylic oxidation sites excluding steroid dienone is 2.